The number of nitrogens with zero attached hydrogens (tertiary/aromatic N) is 2. The van der Waals surface area contributed by atoms with E-state index in [0.29, 0.717) is 6.54 Å². The minimum Gasteiger partial charge on any atom is -0.244 e. The van der Waals surface area contributed by atoms with E-state index in [-0.39, 0.29) is 16.5 Å². The van der Waals surface area contributed by atoms with E-state index in [1.54, 1.807) is 0 Å². The molecule has 2 aromatic rings. The molecule has 5 nitrogen and oxygen atoms in total. The van der Waals surface area contributed by atoms with Crippen LogP contribution in [0.5, 0.6) is 0 Å². The molecule has 0 radical (unpaired) electrons. The van der Waals surface area contributed by atoms with Gasteiger partial charge < -0.3 is 0 Å². The van der Waals surface area contributed by atoms with Crippen molar-refractivity contribution in [2.75, 3.05) is 6.54 Å². The Balaban J connectivity index is 1.69. The number of benzene rings is 1. The van der Waals surface area contributed by atoms with Crippen LogP contribution >= 0.6 is 0 Å². The fraction of sp³-hybridized carbons (Fsp3) is 0.200. The maximum Gasteiger partial charge on any atom is 0.242 e. The molecule has 0 bridgehead atoms. The first-order valence-electron chi connectivity index (χ1n) is 6.54. The molecule has 1 heterocycles. The molecular weight excluding hydrogens is 286 g/mol. The molecule has 1 N–H and O–H groups in total. The summed E-state index contributed by atoms with van der Waals surface area (Å²) in [6.07, 6.45) is 2.10. The number of sulfonamides is 1. The van der Waals surface area contributed by atoms with E-state index >= 15 is 0 Å². The van der Waals surface area contributed by atoms with Gasteiger partial charge in [-0.25, -0.2) is 18.1 Å². The van der Waals surface area contributed by atoms with Gasteiger partial charge in [0.25, 0.3) is 0 Å². The number of nitriles is 1. The summed E-state index contributed by atoms with van der Waals surface area (Å²) in [5.74, 6) is 0.224. The molecule has 0 saturated carbocycles. The van der Waals surface area contributed by atoms with Crippen molar-refractivity contribution in [3.8, 4) is 6.07 Å². The summed E-state index contributed by atoms with van der Waals surface area (Å²) in [6, 6.07) is 12.7. The molecule has 0 fully saturated rings. The van der Waals surface area contributed by atoms with Crippen molar-refractivity contribution in [3.63, 3.8) is 0 Å². The van der Waals surface area contributed by atoms with Gasteiger partial charge in [0.2, 0.25) is 10.0 Å². The van der Waals surface area contributed by atoms with E-state index in [4.69, 9.17) is 5.26 Å². The van der Waals surface area contributed by atoms with Crippen LogP contribution in [0.1, 0.15) is 22.7 Å². The van der Waals surface area contributed by atoms with Crippen LogP contribution in [-0.4, -0.2) is 19.9 Å². The summed E-state index contributed by atoms with van der Waals surface area (Å²) in [5, 5.41) is 8.66. The number of pyridine rings is 1. The third-order valence-electron chi connectivity index (χ3n) is 3.64. The summed E-state index contributed by atoms with van der Waals surface area (Å²) in [5.41, 5.74) is 2.68. The van der Waals surface area contributed by atoms with Gasteiger partial charge in [-0.1, -0.05) is 24.3 Å². The van der Waals surface area contributed by atoms with Crippen LogP contribution in [0.15, 0.2) is 47.5 Å². The van der Waals surface area contributed by atoms with Crippen molar-refractivity contribution in [2.45, 2.75) is 17.2 Å². The van der Waals surface area contributed by atoms with Gasteiger partial charge in [-0.15, -0.1) is 0 Å². The lowest BCUT2D eigenvalue weighted by Gasteiger charge is -2.30. The minimum absolute atomic E-state index is 0.0779. The van der Waals surface area contributed by atoms with Gasteiger partial charge in [0.15, 0.2) is 0 Å². The Morgan fingerprint density at radius 3 is 2.76 bits per heavy atom. The lowest BCUT2D eigenvalue weighted by Crippen LogP contribution is -2.33. The Kier molecular flexibility index (Phi) is 3.45. The highest BCUT2D eigenvalue weighted by atomic mass is 32.2. The second-order valence-electron chi connectivity index (χ2n) is 4.94. The largest absolute Gasteiger partial charge is 0.244 e. The van der Waals surface area contributed by atoms with Crippen molar-refractivity contribution in [1.82, 2.24) is 9.71 Å². The maximum absolute atomic E-state index is 12.2. The van der Waals surface area contributed by atoms with E-state index in [9.17, 15) is 8.42 Å². The summed E-state index contributed by atoms with van der Waals surface area (Å²) >= 11 is 0. The molecule has 0 saturated heterocycles. The first-order valence-corrected chi connectivity index (χ1v) is 8.02. The Morgan fingerprint density at radius 2 is 2.10 bits per heavy atom. The number of hydrogen-bond donors (Lipinski definition) is 1. The van der Waals surface area contributed by atoms with Gasteiger partial charge in [-0.2, -0.15) is 5.26 Å². The van der Waals surface area contributed by atoms with Crippen LogP contribution in [0.4, 0.5) is 0 Å². The molecule has 106 valence electrons. The Labute approximate surface area is 123 Å². The van der Waals surface area contributed by atoms with Crippen LogP contribution in [0, 0.1) is 11.3 Å². The molecule has 3 rings (SSSR count). The van der Waals surface area contributed by atoms with Crippen molar-refractivity contribution < 1.29 is 8.42 Å². The molecule has 1 aromatic heterocycles. The second-order valence-corrected chi connectivity index (χ2v) is 6.71. The number of hydrogen-bond acceptors (Lipinski definition) is 4. The Bertz CT molecular complexity index is 808. The predicted molar refractivity (Wildman–Crippen MR) is 77.0 cm³/mol. The second kappa shape index (κ2) is 5.28. The quantitative estimate of drug-likeness (QED) is 0.929. The highest BCUT2D eigenvalue weighted by molar-refractivity contribution is 7.89. The van der Waals surface area contributed by atoms with Crippen LogP contribution < -0.4 is 4.72 Å². The Morgan fingerprint density at radius 1 is 1.29 bits per heavy atom. The molecule has 21 heavy (non-hydrogen) atoms. The van der Waals surface area contributed by atoms with Crippen LogP contribution in [-0.2, 0) is 16.4 Å². The zero-order chi connectivity index (χ0) is 14.9. The van der Waals surface area contributed by atoms with Crippen molar-refractivity contribution >= 4 is 10.0 Å². The van der Waals surface area contributed by atoms with Gasteiger partial charge in [-0.3, -0.25) is 0 Å². The lowest BCUT2D eigenvalue weighted by molar-refractivity contribution is 0.551. The monoisotopic (exact) mass is 299 g/mol. The third kappa shape index (κ3) is 2.66. The number of fused-ring (bicyclic) bond motifs is 1. The van der Waals surface area contributed by atoms with Gasteiger partial charge in [-0.05, 0) is 29.7 Å². The number of aromatic nitrogens is 1. The van der Waals surface area contributed by atoms with Gasteiger partial charge in [0.1, 0.15) is 16.7 Å². The highest BCUT2D eigenvalue weighted by Gasteiger charge is 2.27. The van der Waals surface area contributed by atoms with E-state index in [2.05, 4.69) is 15.8 Å². The maximum atomic E-state index is 12.2. The van der Waals surface area contributed by atoms with Gasteiger partial charge >= 0.3 is 0 Å². The fourth-order valence-corrected chi connectivity index (χ4v) is 3.47. The molecule has 1 atom stereocenters. The van der Waals surface area contributed by atoms with Crippen molar-refractivity contribution in [2.24, 2.45) is 0 Å². The summed E-state index contributed by atoms with van der Waals surface area (Å²) in [4.78, 5) is 3.86. The zero-order valence-electron chi connectivity index (χ0n) is 11.2. The summed E-state index contributed by atoms with van der Waals surface area (Å²) < 4.78 is 26.9. The molecule has 1 aromatic carbocycles. The van der Waals surface area contributed by atoms with Gasteiger partial charge in [0, 0.05) is 18.7 Å². The van der Waals surface area contributed by atoms with E-state index in [0.717, 1.165) is 6.42 Å². The normalized spacial score (nSPS) is 16.6. The third-order valence-corrected chi connectivity index (χ3v) is 5.05. The van der Waals surface area contributed by atoms with Gasteiger partial charge in [0.05, 0.1) is 0 Å². The lowest BCUT2D eigenvalue weighted by atomic mass is 9.78. The van der Waals surface area contributed by atoms with Crippen LogP contribution in [0.25, 0.3) is 0 Å². The predicted octanol–water partition coefficient (Wildman–Crippen LogP) is 1.57. The standard InChI is InChI=1S/C15H13N3O2S/c16-8-13-5-6-14(10-17-13)21(19,20)18-9-12-7-11-3-1-2-4-15(11)12/h1-6,10,12,18H,7,9H2. The molecule has 0 amide bonds. The minimum atomic E-state index is -3.58. The first-order chi connectivity index (χ1) is 10.1. The molecular formula is C15H13N3O2S. The van der Waals surface area contributed by atoms with E-state index in [1.807, 2.05) is 24.3 Å². The van der Waals surface area contributed by atoms with Crippen LogP contribution in [0.3, 0.4) is 0 Å². The fourth-order valence-electron chi connectivity index (χ4n) is 2.44. The van der Waals surface area contributed by atoms with Crippen molar-refractivity contribution in [1.29, 1.82) is 5.26 Å². The molecule has 1 aliphatic rings. The first kappa shape index (κ1) is 13.7. The summed E-state index contributed by atoms with van der Waals surface area (Å²) in [6.45, 7) is 0.374. The summed E-state index contributed by atoms with van der Waals surface area (Å²) in [7, 11) is -3.58. The SMILES string of the molecule is N#Cc1ccc(S(=O)(=O)NCC2Cc3ccccc32)cn1. The van der Waals surface area contributed by atoms with Crippen LogP contribution in [0.2, 0.25) is 0 Å². The number of rotatable bonds is 4. The molecule has 1 aliphatic carbocycles. The van der Waals surface area contributed by atoms with E-state index in [1.165, 1.54) is 29.5 Å². The molecule has 6 heteroatoms. The average molecular weight is 299 g/mol. The number of nitrogens with one attached hydrogen (secondary N) is 1. The van der Waals surface area contributed by atoms with Crippen molar-refractivity contribution in [3.05, 3.63) is 59.4 Å². The molecule has 0 spiro atoms. The smallest absolute Gasteiger partial charge is 0.242 e. The Hall–Kier alpha value is -2.23. The highest BCUT2D eigenvalue weighted by Crippen LogP contribution is 2.34. The topological polar surface area (TPSA) is 82.8 Å². The zero-order valence-corrected chi connectivity index (χ0v) is 12.0. The average Bonchev–Trinajstić information content (AvgIpc) is 2.48. The molecule has 0 aliphatic heterocycles. The molecule has 1 unspecified atom stereocenters. The van der Waals surface area contributed by atoms with E-state index < -0.39 is 10.0 Å².